The predicted molar refractivity (Wildman–Crippen MR) is 79.5 cm³/mol. The monoisotopic (exact) mass is 277 g/mol. The van der Waals surface area contributed by atoms with E-state index in [1.807, 2.05) is 12.1 Å². The van der Waals surface area contributed by atoms with Gasteiger partial charge in [-0.1, -0.05) is 24.6 Å². The first-order valence-corrected chi connectivity index (χ1v) is 7.23. The van der Waals surface area contributed by atoms with Gasteiger partial charge in [0.25, 0.3) is 0 Å². The number of halogens is 1. The summed E-state index contributed by atoms with van der Waals surface area (Å²) in [6, 6.07) is 7.69. The lowest BCUT2D eigenvalue weighted by Crippen LogP contribution is -2.29. The Labute approximate surface area is 120 Å². The Morgan fingerprint density at radius 1 is 1.42 bits per heavy atom. The second-order valence-corrected chi connectivity index (χ2v) is 5.68. The lowest BCUT2D eigenvalue weighted by Gasteiger charge is -2.21. The van der Waals surface area contributed by atoms with Crippen molar-refractivity contribution in [1.82, 2.24) is 4.90 Å². The van der Waals surface area contributed by atoms with Gasteiger partial charge in [0, 0.05) is 13.1 Å². The van der Waals surface area contributed by atoms with Crippen molar-refractivity contribution in [2.75, 3.05) is 31.5 Å². The Kier molecular flexibility index (Phi) is 5.07. The number of anilines is 1. The topological polar surface area (TPSA) is 39.1 Å². The maximum atomic E-state index is 9.11. The van der Waals surface area contributed by atoms with Crippen LogP contribution in [0.1, 0.15) is 25.3 Å². The van der Waals surface area contributed by atoms with Crippen LogP contribution in [0, 0.1) is 17.2 Å². The number of hydrogen-bond donors (Lipinski definition) is 1. The van der Waals surface area contributed by atoms with Gasteiger partial charge in [0.05, 0.1) is 16.3 Å². The minimum absolute atomic E-state index is 0.514. The van der Waals surface area contributed by atoms with E-state index in [1.165, 1.54) is 25.9 Å². The molecule has 1 N–H and O–H groups in total. The molecular formula is C15H20ClN3. The predicted octanol–water partition coefficient (Wildman–Crippen LogP) is 3.36. The van der Waals surface area contributed by atoms with Gasteiger partial charge in [0.15, 0.2) is 0 Å². The van der Waals surface area contributed by atoms with E-state index < -0.39 is 0 Å². The summed E-state index contributed by atoms with van der Waals surface area (Å²) in [5, 5.41) is 13.0. The van der Waals surface area contributed by atoms with Crippen LogP contribution < -0.4 is 5.32 Å². The van der Waals surface area contributed by atoms with Crippen LogP contribution in [-0.4, -0.2) is 31.1 Å². The summed E-state index contributed by atoms with van der Waals surface area (Å²) in [5.41, 5.74) is 1.38. The highest BCUT2D eigenvalue weighted by Crippen LogP contribution is 2.23. The zero-order chi connectivity index (χ0) is 13.7. The van der Waals surface area contributed by atoms with E-state index in [0.29, 0.717) is 16.5 Å². The molecule has 0 radical (unpaired) electrons. The van der Waals surface area contributed by atoms with Crippen molar-refractivity contribution in [2.24, 2.45) is 5.92 Å². The van der Waals surface area contributed by atoms with Crippen molar-refractivity contribution in [1.29, 1.82) is 5.26 Å². The molecule has 1 saturated heterocycles. The van der Waals surface area contributed by atoms with Crippen LogP contribution in [0.15, 0.2) is 18.2 Å². The summed E-state index contributed by atoms with van der Waals surface area (Å²) >= 11 is 6.01. The molecule has 0 spiro atoms. The molecule has 4 heteroatoms. The van der Waals surface area contributed by atoms with Crippen molar-refractivity contribution < 1.29 is 0 Å². The minimum Gasteiger partial charge on any atom is -0.384 e. The van der Waals surface area contributed by atoms with Gasteiger partial charge in [-0.25, -0.2) is 0 Å². The van der Waals surface area contributed by atoms with E-state index in [4.69, 9.17) is 16.9 Å². The quantitative estimate of drug-likeness (QED) is 0.897. The lowest BCUT2D eigenvalue weighted by molar-refractivity contribution is 0.294. The zero-order valence-electron chi connectivity index (χ0n) is 11.3. The molecule has 0 aromatic heterocycles. The number of hydrogen-bond acceptors (Lipinski definition) is 3. The average molecular weight is 278 g/mol. The molecule has 1 fully saturated rings. The van der Waals surface area contributed by atoms with E-state index in [-0.39, 0.29) is 0 Å². The van der Waals surface area contributed by atoms with E-state index in [1.54, 1.807) is 6.07 Å². The molecule has 19 heavy (non-hydrogen) atoms. The van der Waals surface area contributed by atoms with Crippen LogP contribution in [0.3, 0.4) is 0 Å². The molecule has 1 unspecified atom stereocenters. The van der Waals surface area contributed by atoms with Crippen molar-refractivity contribution in [3.8, 4) is 6.07 Å². The maximum Gasteiger partial charge on any atom is 0.103 e. The fourth-order valence-electron chi connectivity index (χ4n) is 2.54. The van der Waals surface area contributed by atoms with Gasteiger partial charge in [0.2, 0.25) is 0 Å². The molecule has 1 heterocycles. The van der Waals surface area contributed by atoms with Crippen LogP contribution >= 0.6 is 11.6 Å². The molecule has 3 nitrogen and oxygen atoms in total. The SMILES string of the molecule is CC(CNc1cccc(Cl)c1C#N)CN1CCCC1. The summed E-state index contributed by atoms with van der Waals surface area (Å²) in [6.45, 7) is 6.68. The second kappa shape index (κ2) is 6.79. The molecule has 2 rings (SSSR count). The molecule has 1 aromatic rings. The van der Waals surface area contributed by atoms with Crippen molar-refractivity contribution in [2.45, 2.75) is 19.8 Å². The number of benzene rings is 1. The second-order valence-electron chi connectivity index (χ2n) is 5.27. The first kappa shape index (κ1) is 14.2. The average Bonchev–Trinajstić information content (AvgIpc) is 2.89. The van der Waals surface area contributed by atoms with Crippen LogP contribution in [0.25, 0.3) is 0 Å². The number of rotatable bonds is 5. The van der Waals surface area contributed by atoms with Gasteiger partial charge in [-0.2, -0.15) is 5.26 Å². The van der Waals surface area contributed by atoms with E-state index in [0.717, 1.165) is 18.8 Å². The third-order valence-electron chi connectivity index (χ3n) is 3.53. The Balaban J connectivity index is 1.88. The molecule has 1 aromatic carbocycles. The minimum atomic E-state index is 0.514. The number of likely N-dealkylation sites (tertiary alicyclic amines) is 1. The number of nitrogens with one attached hydrogen (secondary N) is 1. The summed E-state index contributed by atoms with van der Waals surface area (Å²) in [7, 11) is 0. The van der Waals surface area contributed by atoms with Gasteiger partial charge < -0.3 is 10.2 Å². The molecule has 1 atom stereocenters. The lowest BCUT2D eigenvalue weighted by atomic mass is 10.1. The molecule has 0 bridgehead atoms. The van der Waals surface area contributed by atoms with E-state index in [2.05, 4.69) is 23.2 Å². The highest BCUT2D eigenvalue weighted by Gasteiger charge is 2.15. The molecule has 1 aliphatic rings. The molecular weight excluding hydrogens is 258 g/mol. The summed E-state index contributed by atoms with van der Waals surface area (Å²) in [4.78, 5) is 2.51. The molecule has 0 amide bonds. The van der Waals surface area contributed by atoms with Crippen LogP contribution in [-0.2, 0) is 0 Å². The molecule has 102 valence electrons. The Morgan fingerprint density at radius 2 is 2.16 bits per heavy atom. The van der Waals surface area contributed by atoms with E-state index in [9.17, 15) is 0 Å². The summed E-state index contributed by atoms with van der Waals surface area (Å²) in [5.74, 6) is 0.559. The van der Waals surface area contributed by atoms with Crippen molar-refractivity contribution in [3.05, 3.63) is 28.8 Å². The normalized spacial score (nSPS) is 17.1. The third-order valence-corrected chi connectivity index (χ3v) is 3.85. The van der Waals surface area contributed by atoms with Crippen LogP contribution in [0.5, 0.6) is 0 Å². The number of nitrogens with zero attached hydrogens (tertiary/aromatic N) is 2. The van der Waals surface area contributed by atoms with Gasteiger partial charge in [0.1, 0.15) is 6.07 Å². The molecule has 0 saturated carbocycles. The highest BCUT2D eigenvalue weighted by molar-refractivity contribution is 6.32. The highest BCUT2D eigenvalue weighted by atomic mass is 35.5. The standard InChI is InChI=1S/C15H20ClN3/c1-12(11-19-7-2-3-8-19)10-18-15-6-4-5-14(16)13(15)9-17/h4-6,12,18H,2-3,7-8,10-11H2,1H3. The first-order valence-electron chi connectivity index (χ1n) is 6.85. The third kappa shape index (κ3) is 3.86. The van der Waals surface area contributed by atoms with Gasteiger partial charge in [-0.3, -0.25) is 0 Å². The smallest absolute Gasteiger partial charge is 0.103 e. The largest absolute Gasteiger partial charge is 0.384 e. The fourth-order valence-corrected chi connectivity index (χ4v) is 2.76. The van der Waals surface area contributed by atoms with Crippen molar-refractivity contribution >= 4 is 17.3 Å². The van der Waals surface area contributed by atoms with E-state index >= 15 is 0 Å². The van der Waals surface area contributed by atoms with Crippen molar-refractivity contribution in [3.63, 3.8) is 0 Å². The fraction of sp³-hybridized carbons (Fsp3) is 0.533. The van der Waals surface area contributed by atoms with Crippen LogP contribution in [0.4, 0.5) is 5.69 Å². The number of nitriles is 1. The molecule has 0 aliphatic carbocycles. The van der Waals surface area contributed by atoms with Gasteiger partial charge in [-0.15, -0.1) is 0 Å². The Bertz CT molecular complexity index is 461. The summed E-state index contributed by atoms with van der Waals surface area (Å²) in [6.07, 6.45) is 2.65. The van der Waals surface area contributed by atoms with Gasteiger partial charge >= 0.3 is 0 Å². The zero-order valence-corrected chi connectivity index (χ0v) is 12.1. The maximum absolute atomic E-state index is 9.11. The Morgan fingerprint density at radius 3 is 2.84 bits per heavy atom. The first-order chi connectivity index (χ1) is 9.20. The summed E-state index contributed by atoms with van der Waals surface area (Å²) < 4.78 is 0. The molecule has 1 aliphatic heterocycles. The van der Waals surface area contributed by atoms with Gasteiger partial charge in [-0.05, 0) is 44.0 Å². The van der Waals surface area contributed by atoms with Crippen LogP contribution in [0.2, 0.25) is 5.02 Å². The Hall–Kier alpha value is -1.24.